The molecular weight excluding hydrogens is 266 g/mol. The third-order valence-corrected chi connectivity index (χ3v) is 3.15. The Morgan fingerprint density at radius 1 is 1.42 bits per heavy atom. The van der Waals surface area contributed by atoms with Gasteiger partial charge in [0.2, 0.25) is 0 Å². The predicted octanol–water partition coefficient (Wildman–Crippen LogP) is 1.83. The number of aliphatic hydroxyl groups excluding tert-OH is 1. The minimum atomic E-state index is -0.558. The Morgan fingerprint density at radius 2 is 2.11 bits per heavy atom. The molecule has 0 aliphatic carbocycles. The highest BCUT2D eigenvalue weighted by Gasteiger charge is 2.15. The monoisotopic (exact) mass is 287 g/mol. The van der Waals surface area contributed by atoms with Crippen LogP contribution in [0.5, 0.6) is 0 Å². The zero-order chi connectivity index (χ0) is 14.4. The number of aromatic nitrogens is 2. The van der Waals surface area contributed by atoms with E-state index in [1.54, 1.807) is 7.11 Å². The van der Waals surface area contributed by atoms with Gasteiger partial charge in [0.25, 0.3) is 0 Å². The van der Waals surface area contributed by atoms with Crippen LogP contribution in [0.15, 0.2) is 0 Å². The molecule has 0 aliphatic rings. The van der Waals surface area contributed by atoms with E-state index in [-0.39, 0.29) is 0 Å². The highest BCUT2D eigenvalue weighted by molar-refractivity contribution is 6.30. The van der Waals surface area contributed by atoms with E-state index in [1.807, 2.05) is 18.9 Å². The van der Waals surface area contributed by atoms with Gasteiger partial charge in [0.15, 0.2) is 0 Å². The Labute approximate surface area is 119 Å². The van der Waals surface area contributed by atoms with Crippen molar-refractivity contribution in [2.75, 3.05) is 32.2 Å². The molecule has 6 heteroatoms. The second-order valence-electron chi connectivity index (χ2n) is 4.62. The van der Waals surface area contributed by atoms with Crippen LogP contribution >= 0.6 is 11.6 Å². The van der Waals surface area contributed by atoms with E-state index in [1.165, 1.54) is 0 Å². The summed E-state index contributed by atoms with van der Waals surface area (Å²) in [5.41, 5.74) is 0.827. The smallest absolute Gasteiger partial charge is 0.137 e. The molecule has 0 aliphatic heterocycles. The van der Waals surface area contributed by atoms with E-state index in [2.05, 4.69) is 16.9 Å². The van der Waals surface area contributed by atoms with E-state index in [0.29, 0.717) is 18.3 Å². The first-order chi connectivity index (χ1) is 8.99. The summed E-state index contributed by atoms with van der Waals surface area (Å²) in [4.78, 5) is 10.7. The summed E-state index contributed by atoms with van der Waals surface area (Å²) in [6.45, 7) is 4.69. The molecule has 0 bridgehead atoms. The van der Waals surface area contributed by atoms with Crippen molar-refractivity contribution in [3.05, 3.63) is 16.5 Å². The molecule has 1 unspecified atom stereocenters. The molecule has 1 rings (SSSR count). The summed E-state index contributed by atoms with van der Waals surface area (Å²) in [5, 5.41) is 10.2. The maximum absolute atomic E-state index is 9.77. The molecule has 0 radical (unpaired) electrons. The van der Waals surface area contributed by atoms with Crippen molar-refractivity contribution >= 4 is 17.4 Å². The van der Waals surface area contributed by atoms with Crippen molar-refractivity contribution in [2.24, 2.45) is 0 Å². The average molecular weight is 288 g/mol. The molecule has 1 heterocycles. The fraction of sp³-hybridized carbons (Fsp3) is 0.692. The van der Waals surface area contributed by atoms with Crippen LogP contribution in [0.2, 0.25) is 5.15 Å². The van der Waals surface area contributed by atoms with Gasteiger partial charge < -0.3 is 14.7 Å². The van der Waals surface area contributed by atoms with E-state index >= 15 is 0 Å². The van der Waals surface area contributed by atoms with Gasteiger partial charge in [-0.05, 0) is 13.3 Å². The maximum atomic E-state index is 9.77. The summed E-state index contributed by atoms with van der Waals surface area (Å²) < 4.78 is 4.92. The zero-order valence-corrected chi connectivity index (χ0v) is 12.7. The standard InChI is InChI=1S/C13H22ClN3O2/c1-5-6-11-15-12(14)9(2)13(16-11)17(3)7-10(18)8-19-4/h10,18H,5-8H2,1-4H3. The molecule has 1 N–H and O–H groups in total. The lowest BCUT2D eigenvalue weighted by Crippen LogP contribution is -2.33. The second kappa shape index (κ2) is 7.62. The summed E-state index contributed by atoms with van der Waals surface area (Å²) in [5.74, 6) is 1.50. The Kier molecular flexibility index (Phi) is 6.48. The number of likely N-dealkylation sites (N-methyl/N-ethyl adjacent to an activating group) is 1. The van der Waals surface area contributed by atoms with Crippen LogP contribution in [0.25, 0.3) is 0 Å². The van der Waals surface area contributed by atoms with Crippen LogP contribution in [0.1, 0.15) is 24.7 Å². The van der Waals surface area contributed by atoms with Gasteiger partial charge in [-0.3, -0.25) is 0 Å². The predicted molar refractivity (Wildman–Crippen MR) is 76.9 cm³/mol. The molecule has 108 valence electrons. The first kappa shape index (κ1) is 16.1. The lowest BCUT2D eigenvalue weighted by Gasteiger charge is -2.23. The van der Waals surface area contributed by atoms with Crippen molar-refractivity contribution < 1.29 is 9.84 Å². The highest BCUT2D eigenvalue weighted by Crippen LogP contribution is 2.23. The summed E-state index contributed by atoms with van der Waals surface area (Å²) in [6, 6.07) is 0. The lowest BCUT2D eigenvalue weighted by molar-refractivity contribution is 0.0694. The third-order valence-electron chi connectivity index (χ3n) is 2.79. The number of ether oxygens (including phenoxy) is 1. The number of hydrogen-bond donors (Lipinski definition) is 1. The van der Waals surface area contributed by atoms with Gasteiger partial charge in [0, 0.05) is 32.7 Å². The number of aliphatic hydroxyl groups is 1. The van der Waals surface area contributed by atoms with Crippen molar-refractivity contribution in [2.45, 2.75) is 32.8 Å². The molecular formula is C13H22ClN3O2. The molecule has 0 saturated carbocycles. The van der Waals surface area contributed by atoms with Crippen molar-refractivity contribution in [3.8, 4) is 0 Å². The number of methoxy groups -OCH3 is 1. The first-order valence-corrected chi connectivity index (χ1v) is 6.78. The number of hydrogen-bond acceptors (Lipinski definition) is 5. The van der Waals surface area contributed by atoms with E-state index in [9.17, 15) is 5.11 Å². The number of nitrogens with zero attached hydrogens (tertiary/aromatic N) is 3. The minimum Gasteiger partial charge on any atom is -0.389 e. The Bertz CT molecular complexity index is 415. The van der Waals surface area contributed by atoms with Crippen LogP contribution in [-0.2, 0) is 11.2 Å². The number of halogens is 1. The van der Waals surface area contributed by atoms with Crippen LogP contribution in [0.3, 0.4) is 0 Å². The largest absolute Gasteiger partial charge is 0.389 e. The SMILES string of the molecule is CCCc1nc(Cl)c(C)c(N(C)CC(O)COC)n1. The van der Waals surface area contributed by atoms with Gasteiger partial charge in [-0.1, -0.05) is 18.5 Å². The van der Waals surface area contributed by atoms with E-state index in [4.69, 9.17) is 16.3 Å². The van der Waals surface area contributed by atoms with Crippen LogP contribution in [0.4, 0.5) is 5.82 Å². The third kappa shape index (κ3) is 4.60. The molecule has 0 saturated heterocycles. The molecule has 0 fully saturated rings. The first-order valence-electron chi connectivity index (χ1n) is 6.40. The summed E-state index contributed by atoms with van der Waals surface area (Å²) in [6.07, 6.45) is 1.20. The maximum Gasteiger partial charge on any atom is 0.137 e. The van der Waals surface area contributed by atoms with Gasteiger partial charge in [-0.25, -0.2) is 9.97 Å². The molecule has 0 amide bonds. The fourth-order valence-corrected chi connectivity index (χ4v) is 2.06. The zero-order valence-electron chi connectivity index (χ0n) is 12.0. The van der Waals surface area contributed by atoms with Gasteiger partial charge in [-0.15, -0.1) is 0 Å². The van der Waals surface area contributed by atoms with Gasteiger partial charge in [0.1, 0.15) is 16.8 Å². The highest BCUT2D eigenvalue weighted by atomic mass is 35.5. The summed E-state index contributed by atoms with van der Waals surface area (Å²) >= 11 is 6.13. The Morgan fingerprint density at radius 3 is 2.68 bits per heavy atom. The van der Waals surface area contributed by atoms with Crippen LogP contribution in [0, 0.1) is 6.92 Å². The van der Waals surface area contributed by atoms with Crippen LogP contribution < -0.4 is 4.90 Å². The van der Waals surface area contributed by atoms with Gasteiger partial charge in [-0.2, -0.15) is 0 Å². The van der Waals surface area contributed by atoms with Crippen molar-refractivity contribution in [1.82, 2.24) is 9.97 Å². The second-order valence-corrected chi connectivity index (χ2v) is 4.98. The van der Waals surface area contributed by atoms with E-state index < -0.39 is 6.10 Å². The molecule has 19 heavy (non-hydrogen) atoms. The van der Waals surface area contributed by atoms with Crippen LogP contribution in [-0.4, -0.2) is 48.5 Å². The molecule has 1 aromatic heterocycles. The van der Waals surface area contributed by atoms with Gasteiger partial charge in [0.05, 0.1) is 12.7 Å². The lowest BCUT2D eigenvalue weighted by atomic mass is 10.2. The Hall–Kier alpha value is -0.910. The van der Waals surface area contributed by atoms with E-state index in [0.717, 1.165) is 30.0 Å². The normalized spacial score (nSPS) is 12.5. The fourth-order valence-electron chi connectivity index (χ4n) is 1.88. The average Bonchev–Trinajstić information content (AvgIpc) is 2.34. The molecule has 1 aromatic rings. The van der Waals surface area contributed by atoms with Crippen molar-refractivity contribution in [1.29, 1.82) is 0 Å². The summed E-state index contributed by atoms with van der Waals surface area (Å²) in [7, 11) is 3.44. The number of rotatable bonds is 7. The molecule has 0 aromatic carbocycles. The molecule has 1 atom stereocenters. The molecule has 5 nitrogen and oxygen atoms in total. The Balaban J connectivity index is 2.91. The quantitative estimate of drug-likeness (QED) is 0.776. The topological polar surface area (TPSA) is 58.5 Å². The van der Waals surface area contributed by atoms with Crippen molar-refractivity contribution in [3.63, 3.8) is 0 Å². The number of anilines is 1. The molecule has 0 spiro atoms. The number of aryl methyl sites for hydroxylation is 1. The minimum absolute atomic E-state index is 0.296. The van der Waals surface area contributed by atoms with Gasteiger partial charge >= 0.3 is 0 Å².